The summed E-state index contributed by atoms with van der Waals surface area (Å²) < 4.78 is 5.66. The van der Waals surface area contributed by atoms with E-state index in [2.05, 4.69) is 41.0 Å². The Morgan fingerprint density at radius 2 is 1.90 bits per heavy atom. The first-order chi connectivity index (χ1) is 14.2. The number of fused-ring (bicyclic) bond motifs is 1. The maximum atomic E-state index is 12.2. The summed E-state index contributed by atoms with van der Waals surface area (Å²) in [5, 5.41) is 8.78. The minimum Gasteiger partial charge on any atom is -0.496 e. The molecule has 1 amide bonds. The highest BCUT2D eigenvalue weighted by Crippen LogP contribution is 2.34. The highest BCUT2D eigenvalue weighted by molar-refractivity contribution is 5.94. The average molecular weight is 468 g/mol. The van der Waals surface area contributed by atoms with E-state index < -0.39 is 0 Å². The van der Waals surface area contributed by atoms with E-state index in [0.717, 1.165) is 42.0 Å². The van der Waals surface area contributed by atoms with Crippen LogP contribution in [-0.2, 0) is 22.6 Å². The molecule has 1 saturated heterocycles. The molecular weight excluding hydrogens is 437 g/mol. The van der Waals surface area contributed by atoms with Crippen LogP contribution in [0.1, 0.15) is 42.0 Å². The van der Waals surface area contributed by atoms with Crippen molar-refractivity contribution in [1.29, 1.82) is 0 Å². The lowest BCUT2D eigenvalue weighted by atomic mass is 9.92. The summed E-state index contributed by atoms with van der Waals surface area (Å²) in [7, 11) is 3.23. The van der Waals surface area contributed by atoms with Crippen LogP contribution >= 0.6 is 24.8 Å². The molecule has 4 rings (SSSR count). The zero-order valence-corrected chi connectivity index (χ0v) is 19.6. The van der Waals surface area contributed by atoms with Crippen molar-refractivity contribution in [2.24, 2.45) is 0 Å². The third-order valence-corrected chi connectivity index (χ3v) is 5.89. The first-order valence-electron chi connectivity index (χ1n) is 10.3. The number of methoxy groups -OCH3 is 1. The van der Waals surface area contributed by atoms with E-state index in [-0.39, 0.29) is 36.8 Å². The fourth-order valence-corrected chi connectivity index (χ4v) is 4.41. The van der Waals surface area contributed by atoms with Gasteiger partial charge in [-0.2, -0.15) is 5.06 Å². The predicted octanol–water partition coefficient (Wildman–Crippen LogP) is 3.96. The number of rotatable bonds is 6. The zero-order valence-electron chi connectivity index (χ0n) is 17.9. The third kappa shape index (κ3) is 5.51. The van der Waals surface area contributed by atoms with E-state index in [1.165, 1.54) is 17.7 Å². The zero-order chi connectivity index (χ0) is 20.2. The summed E-state index contributed by atoms with van der Waals surface area (Å²) in [4.78, 5) is 17.5. The number of anilines is 1. The Kier molecular flexibility index (Phi) is 9.59. The van der Waals surface area contributed by atoms with E-state index in [9.17, 15) is 4.79 Å². The van der Waals surface area contributed by atoms with Gasteiger partial charge in [0.2, 0.25) is 0 Å². The van der Waals surface area contributed by atoms with E-state index in [0.29, 0.717) is 25.4 Å². The Morgan fingerprint density at radius 3 is 2.61 bits per heavy atom. The number of hydroxylamine groups is 1. The number of halogens is 2. The molecule has 2 atom stereocenters. The van der Waals surface area contributed by atoms with Gasteiger partial charge >= 0.3 is 0 Å². The summed E-state index contributed by atoms with van der Waals surface area (Å²) in [6.07, 6.45) is 3.42. The van der Waals surface area contributed by atoms with Crippen LogP contribution in [0.3, 0.4) is 0 Å². The molecule has 0 unspecified atom stereocenters. The Bertz CT molecular complexity index is 867. The number of benzene rings is 2. The van der Waals surface area contributed by atoms with Crippen molar-refractivity contribution in [2.45, 2.75) is 44.3 Å². The molecule has 2 heterocycles. The number of carbonyl (C=O) groups excluding carboxylic acids is 1. The molecule has 0 spiro atoms. The number of hydrogen-bond donors (Lipinski definition) is 2. The van der Waals surface area contributed by atoms with Gasteiger partial charge in [0.15, 0.2) is 0 Å². The molecule has 0 radical (unpaired) electrons. The first kappa shape index (κ1) is 25.4. The summed E-state index contributed by atoms with van der Waals surface area (Å²) in [6, 6.07) is 15.3. The lowest BCUT2D eigenvalue weighted by Gasteiger charge is -2.34. The van der Waals surface area contributed by atoms with E-state index in [1.54, 1.807) is 7.11 Å². The number of nitrogens with zero attached hydrogens (tertiary/aromatic N) is 1. The smallest absolute Gasteiger partial charge is 0.251 e. The first-order valence-corrected chi connectivity index (χ1v) is 10.3. The quantitative estimate of drug-likeness (QED) is 0.672. The van der Waals surface area contributed by atoms with E-state index in [4.69, 9.17) is 9.57 Å². The fourth-order valence-electron chi connectivity index (χ4n) is 4.41. The largest absolute Gasteiger partial charge is 0.496 e. The highest BCUT2D eigenvalue weighted by atomic mass is 35.5. The molecule has 0 bridgehead atoms. The van der Waals surface area contributed by atoms with E-state index >= 15 is 0 Å². The Hall–Kier alpha value is -1.83. The molecule has 0 saturated carbocycles. The second-order valence-corrected chi connectivity index (χ2v) is 7.64. The molecule has 1 fully saturated rings. The van der Waals surface area contributed by atoms with Crippen molar-refractivity contribution < 1.29 is 14.4 Å². The number of hydrogen-bond acceptors (Lipinski definition) is 5. The van der Waals surface area contributed by atoms with E-state index in [1.807, 2.05) is 12.1 Å². The minimum absolute atomic E-state index is 0. The van der Waals surface area contributed by atoms with Gasteiger partial charge in [-0.3, -0.25) is 9.63 Å². The molecule has 170 valence electrons. The van der Waals surface area contributed by atoms with Gasteiger partial charge in [-0.15, -0.1) is 24.8 Å². The molecular formula is C23H31Cl2N3O3. The van der Waals surface area contributed by atoms with Gasteiger partial charge in [0.25, 0.3) is 5.91 Å². The lowest BCUT2D eigenvalue weighted by molar-refractivity contribution is -0.125. The fraction of sp³-hybridized carbons (Fsp3) is 0.435. The number of carbonyl (C=O) groups is 1. The van der Waals surface area contributed by atoms with Gasteiger partial charge in [-0.05, 0) is 49.1 Å². The van der Waals surface area contributed by atoms with Crippen LogP contribution in [0.4, 0.5) is 5.69 Å². The van der Waals surface area contributed by atoms with Crippen molar-refractivity contribution in [3.05, 3.63) is 59.2 Å². The topological polar surface area (TPSA) is 62.8 Å². The van der Waals surface area contributed by atoms with Crippen LogP contribution < -0.4 is 20.4 Å². The molecule has 2 aromatic carbocycles. The second kappa shape index (κ2) is 11.7. The SMILES string of the molecule is COc1cc2c(cc1CN[C@H]1CCCN[C@H]1c1ccccc1)N(OC)C(=O)CC2.Cl.Cl. The maximum absolute atomic E-state index is 12.2. The summed E-state index contributed by atoms with van der Waals surface area (Å²) in [5.74, 6) is 0.839. The molecule has 8 heteroatoms. The van der Waals surface area contributed by atoms with Crippen molar-refractivity contribution in [2.75, 3.05) is 25.8 Å². The van der Waals surface area contributed by atoms with Gasteiger partial charge in [0.05, 0.1) is 19.9 Å². The summed E-state index contributed by atoms with van der Waals surface area (Å²) >= 11 is 0. The van der Waals surface area contributed by atoms with Gasteiger partial charge in [0, 0.05) is 30.6 Å². The standard InChI is InChI=1S/C23H29N3O3.2ClH/c1-28-21-14-17-10-11-22(27)26(29-2)20(17)13-18(21)15-25-19-9-6-12-24-23(19)16-7-4-3-5-8-16;;/h3-5,7-8,13-14,19,23-25H,6,9-12,15H2,1-2H3;2*1H/t19-,23-;;/m0../s1. The van der Waals surface area contributed by atoms with Crippen LogP contribution in [0.2, 0.25) is 0 Å². The van der Waals surface area contributed by atoms with Gasteiger partial charge in [0.1, 0.15) is 5.75 Å². The van der Waals surface area contributed by atoms with Crippen molar-refractivity contribution in [1.82, 2.24) is 10.6 Å². The Balaban J connectivity index is 0.00000171. The van der Waals surface area contributed by atoms with Gasteiger partial charge in [-0.1, -0.05) is 30.3 Å². The van der Waals surface area contributed by atoms with Crippen molar-refractivity contribution in [3.63, 3.8) is 0 Å². The molecule has 2 aromatic rings. The minimum atomic E-state index is -0.00954. The monoisotopic (exact) mass is 467 g/mol. The summed E-state index contributed by atoms with van der Waals surface area (Å²) in [5.41, 5.74) is 4.23. The predicted molar refractivity (Wildman–Crippen MR) is 127 cm³/mol. The van der Waals surface area contributed by atoms with Crippen LogP contribution in [0.25, 0.3) is 0 Å². The lowest BCUT2D eigenvalue weighted by Crippen LogP contribution is -2.45. The normalized spacial score (nSPS) is 20.3. The molecule has 2 aliphatic heterocycles. The van der Waals surface area contributed by atoms with Crippen LogP contribution in [0.15, 0.2) is 42.5 Å². The highest BCUT2D eigenvalue weighted by Gasteiger charge is 2.28. The number of amides is 1. The Morgan fingerprint density at radius 1 is 1.13 bits per heavy atom. The van der Waals surface area contributed by atoms with Crippen molar-refractivity contribution in [3.8, 4) is 5.75 Å². The van der Waals surface area contributed by atoms with Crippen LogP contribution in [-0.4, -0.2) is 32.7 Å². The maximum Gasteiger partial charge on any atom is 0.251 e. The van der Waals surface area contributed by atoms with Crippen LogP contribution in [0.5, 0.6) is 5.75 Å². The molecule has 2 aliphatic rings. The number of nitrogens with one attached hydrogen (secondary N) is 2. The second-order valence-electron chi connectivity index (χ2n) is 7.64. The van der Waals surface area contributed by atoms with Crippen molar-refractivity contribution >= 4 is 36.4 Å². The molecule has 2 N–H and O–H groups in total. The Labute approximate surface area is 196 Å². The molecule has 0 aliphatic carbocycles. The number of piperidine rings is 1. The molecule has 0 aromatic heterocycles. The molecule has 6 nitrogen and oxygen atoms in total. The van der Waals surface area contributed by atoms with Gasteiger partial charge in [-0.25, -0.2) is 0 Å². The third-order valence-electron chi connectivity index (χ3n) is 5.89. The average Bonchev–Trinajstić information content (AvgIpc) is 2.78. The number of aryl methyl sites for hydroxylation is 1. The van der Waals surface area contributed by atoms with Crippen LogP contribution in [0, 0.1) is 0 Å². The number of ether oxygens (including phenoxy) is 1. The van der Waals surface area contributed by atoms with Gasteiger partial charge < -0.3 is 15.4 Å². The molecule has 31 heavy (non-hydrogen) atoms. The summed E-state index contributed by atoms with van der Waals surface area (Å²) in [6.45, 7) is 1.70.